The molecule has 2 saturated heterocycles. The van der Waals surface area contributed by atoms with E-state index in [4.69, 9.17) is 0 Å². The lowest BCUT2D eigenvalue weighted by Gasteiger charge is -2.46. The van der Waals surface area contributed by atoms with Crippen molar-refractivity contribution < 1.29 is 9.90 Å². The smallest absolute Gasteiger partial charge is 0.309 e. The van der Waals surface area contributed by atoms with Crippen LogP contribution in [0.25, 0.3) is 0 Å². The molecule has 0 radical (unpaired) electrons. The van der Waals surface area contributed by atoms with E-state index in [9.17, 15) is 9.90 Å². The summed E-state index contributed by atoms with van der Waals surface area (Å²) in [5.74, 6) is -0.573. The molecule has 4 nitrogen and oxygen atoms in total. The molecule has 4 heteroatoms. The van der Waals surface area contributed by atoms with Crippen LogP contribution in [0.4, 0.5) is 0 Å². The Labute approximate surface area is 123 Å². The number of carbonyl (C=O) groups is 1. The van der Waals surface area contributed by atoms with Crippen LogP contribution in [0.15, 0.2) is 0 Å². The number of piperidine rings is 2. The van der Waals surface area contributed by atoms with E-state index in [0.29, 0.717) is 12.1 Å². The summed E-state index contributed by atoms with van der Waals surface area (Å²) in [5, 5.41) is 9.57. The minimum Gasteiger partial charge on any atom is -0.481 e. The average Bonchev–Trinajstić information content (AvgIpc) is 2.43. The molecule has 2 aliphatic heterocycles. The highest BCUT2D eigenvalue weighted by Gasteiger charge is 2.42. The lowest BCUT2D eigenvalue weighted by atomic mass is 9.74. The van der Waals surface area contributed by atoms with E-state index in [1.165, 1.54) is 19.4 Å². The zero-order valence-electron chi connectivity index (χ0n) is 13.3. The first-order valence-corrected chi connectivity index (χ1v) is 8.16. The van der Waals surface area contributed by atoms with Crippen molar-refractivity contribution in [3.8, 4) is 0 Å². The molecular formula is C16H30N2O2. The Bertz CT molecular complexity index is 337. The Morgan fingerprint density at radius 2 is 1.95 bits per heavy atom. The number of carboxylic acid groups (broad SMARTS) is 1. The van der Waals surface area contributed by atoms with Crippen LogP contribution in [0.5, 0.6) is 0 Å². The van der Waals surface area contributed by atoms with Crippen molar-refractivity contribution >= 4 is 5.97 Å². The van der Waals surface area contributed by atoms with Crippen LogP contribution in [0, 0.1) is 5.41 Å². The average molecular weight is 282 g/mol. The largest absolute Gasteiger partial charge is 0.481 e. The first kappa shape index (κ1) is 15.8. The first-order valence-electron chi connectivity index (χ1n) is 8.16. The van der Waals surface area contributed by atoms with Gasteiger partial charge in [-0.05, 0) is 65.7 Å². The summed E-state index contributed by atoms with van der Waals surface area (Å²) in [4.78, 5) is 16.6. The topological polar surface area (TPSA) is 43.8 Å². The molecule has 0 aromatic carbocycles. The number of likely N-dealkylation sites (tertiary alicyclic amines) is 2. The fraction of sp³-hybridized carbons (Fsp3) is 0.938. The Balaban J connectivity index is 1.92. The molecule has 0 spiro atoms. The SMILES string of the molecule is CCCC1(C(=O)O)CCN(C2CCN(C)C(C)C2)CC1. The summed E-state index contributed by atoms with van der Waals surface area (Å²) in [6, 6.07) is 1.31. The van der Waals surface area contributed by atoms with Crippen LogP contribution in [-0.2, 0) is 4.79 Å². The normalized spacial score (nSPS) is 32.1. The fourth-order valence-corrected chi connectivity index (χ4v) is 3.96. The zero-order valence-corrected chi connectivity index (χ0v) is 13.3. The van der Waals surface area contributed by atoms with Gasteiger partial charge < -0.3 is 14.9 Å². The summed E-state index contributed by atoms with van der Waals surface area (Å²) in [6.07, 6.45) is 5.92. The zero-order chi connectivity index (χ0) is 14.8. The molecule has 1 N–H and O–H groups in total. The Hall–Kier alpha value is -0.610. The molecule has 2 unspecified atom stereocenters. The Kier molecular flexibility index (Phi) is 5.08. The monoisotopic (exact) mass is 282 g/mol. The van der Waals surface area contributed by atoms with Gasteiger partial charge in [-0.2, -0.15) is 0 Å². The number of hydrogen-bond donors (Lipinski definition) is 1. The molecule has 2 fully saturated rings. The first-order chi connectivity index (χ1) is 9.48. The van der Waals surface area contributed by atoms with E-state index in [2.05, 4.69) is 30.7 Å². The molecule has 0 aromatic heterocycles. The van der Waals surface area contributed by atoms with E-state index in [0.717, 1.165) is 38.8 Å². The number of nitrogens with zero attached hydrogens (tertiary/aromatic N) is 2. The van der Waals surface area contributed by atoms with Crippen LogP contribution < -0.4 is 0 Å². The number of rotatable bonds is 4. The van der Waals surface area contributed by atoms with Gasteiger partial charge in [-0.25, -0.2) is 0 Å². The third kappa shape index (κ3) is 3.17. The molecule has 0 bridgehead atoms. The molecular weight excluding hydrogens is 252 g/mol. The van der Waals surface area contributed by atoms with Crippen molar-refractivity contribution in [2.24, 2.45) is 5.41 Å². The number of hydrogen-bond acceptors (Lipinski definition) is 3. The number of carboxylic acids is 1. The highest BCUT2D eigenvalue weighted by Crippen LogP contribution is 2.38. The van der Waals surface area contributed by atoms with Gasteiger partial charge >= 0.3 is 5.97 Å². The molecule has 2 atom stereocenters. The van der Waals surface area contributed by atoms with Crippen molar-refractivity contribution in [3.05, 3.63) is 0 Å². The Morgan fingerprint density at radius 3 is 2.45 bits per heavy atom. The van der Waals surface area contributed by atoms with E-state index >= 15 is 0 Å². The number of aliphatic carboxylic acids is 1. The van der Waals surface area contributed by atoms with Crippen LogP contribution in [0.2, 0.25) is 0 Å². The quantitative estimate of drug-likeness (QED) is 0.860. The van der Waals surface area contributed by atoms with Gasteiger partial charge in [0.1, 0.15) is 0 Å². The lowest BCUT2D eigenvalue weighted by molar-refractivity contribution is -0.153. The van der Waals surface area contributed by atoms with Crippen LogP contribution in [0.1, 0.15) is 52.4 Å². The standard InChI is InChI=1S/C16H30N2O2/c1-4-6-16(15(19)20)7-10-18(11-8-16)14-5-9-17(3)13(2)12-14/h13-14H,4-12H2,1-3H3,(H,19,20). The van der Waals surface area contributed by atoms with Gasteiger partial charge in [-0.15, -0.1) is 0 Å². The van der Waals surface area contributed by atoms with Crippen LogP contribution in [-0.4, -0.2) is 59.6 Å². The molecule has 0 saturated carbocycles. The third-order valence-electron chi connectivity index (χ3n) is 5.63. The van der Waals surface area contributed by atoms with E-state index in [1.807, 2.05) is 0 Å². The maximum absolute atomic E-state index is 11.6. The third-order valence-corrected chi connectivity index (χ3v) is 5.63. The predicted molar refractivity (Wildman–Crippen MR) is 80.9 cm³/mol. The minimum atomic E-state index is -0.573. The molecule has 2 rings (SSSR count). The van der Waals surface area contributed by atoms with Crippen molar-refractivity contribution in [1.82, 2.24) is 9.80 Å². The fourth-order valence-electron chi connectivity index (χ4n) is 3.96. The van der Waals surface area contributed by atoms with Crippen molar-refractivity contribution in [2.45, 2.75) is 64.5 Å². The summed E-state index contributed by atoms with van der Waals surface area (Å²) >= 11 is 0. The molecule has 0 aliphatic carbocycles. The van der Waals surface area contributed by atoms with Gasteiger partial charge in [0.2, 0.25) is 0 Å². The van der Waals surface area contributed by atoms with E-state index < -0.39 is 11.4 Å². The molecule has 0 aromatic rings. The maximum Gasteiger partial charge on any atom is 0.309 e. The van der Waals surface area contributed by atoms with Gasteiger partial charge in [-0.1, -0.05) is 13.3 Å². The maximum atomic E-state index is 11.6. The molecule has 20 heavy (non-hydrogen) atoms. The predicted octanol–water partition coefficient (Wildman–Crippen LogP) is 2.44. The molecule has 2 aliphatic rings. The summed E-state index contributed by atoms with van der Waals surface area (Å²) in [7, 11) is 2.20. The Morgan fingerprint density at radius 1 is 1.30 bits per heavy atom. The van der Waals surface area contributed by atoms with Crippen LogP contribution in [0.3, 0.4) is 0 Å². The molecule has 0 amide bonds. The molecule has 116 valence electrons. The van der Waals surface area contributed by atoms with Gasteiger partial charge in [0.05, 0.1) is 5.41 Å². The highest BCUT2D eigenvalue weighted by molar-refractivity contribution is 5.74. The molecule has 2 heterocycles. The van der Waals surface area contributed by atoms with Gasteiger partial charge in [-0.3, -0.25) is 4.79 Å². The van der Waals surface area contributed by atoms with Crippen molar-refractivity contribution in [1.29, 1.82) is 0 Å². The van der Waals surface area contributed by atoms with Gasteiger partial charge in [0.25, 0.3) is 0 Å². The summed E-state index contributed by atoms with van der Waals surface area (Å²) in [6.45, 7) is 7.49. The second-order valence-corrected chi connectivity index (χ2v) is 6.88. The van der Waals surface area contributed by atoms with E-state index in [-0.39, 0.29) is 0 Å². The second kappa shape index (κ2) is 6.44. The van der Waals surface area contributed by atoms with Gasteiger partial charge in [0, 0.05) is 12.1 Å². The summed E-state index contributed by atoms with van der Waals surface area (Å²) in [5.41, 5.74) is -0.442. The van der Waals surface area contributed by atoms with Crippen LogP contribution >= 0.6 is 0 Å². The van der Waals surface area contributed by atoms with Gasteiger partial charge in [0.15, 0.2) is 0 Å². The second-order valence-electron chi connectivity index (χ2n) is 6.88. The minimum absolute atomic E-state index is 0.442. The summed E-state index contributed by atoms with van der Waals surface area (Å²) < 4.78 is 0. The van der Waals surface area contributed by atoms with Crippen molar-refractivity contribution in [2.75, 3.05) is 26.7 Å². The van der Waals surface area contributed by atoms with Crippen molar-refractivity contribution in [3.63, 3.8) is 0 Å². The lowest BCUT2D eigenvalue weighted by Crippen LogP contribution is -2.52. The highest BCUT2D eigenvalue weighted by atomic mass is 16.4. The van der Waals surface area contributed by atoms with E-state index in [1.54, 1.807) is 0 Å².